The summed E-state index contributed by atoms with van der Waals surface area (Å²) in [5.41, 5.74) is 2.84. The molecule has 0 aromatic heterocycles. The Bertz CT molecular complexity index is 494. The van der Waals surface area contributed by atoms with Gasteiger partial charge in [0.15, 0.2) is 0 Å². The number of fused-ring (bicyclic) bond motifs is 1. The van der Waals surface area contributed by atoms with Crippen molar-refractivity contribution in [2.45, 2.75) is 38.5 Å². The van der Waals surface area contributed by atoms with Crippen LogP contribution < -0.4 is 5.32 Å². The summed E-state index contributed by atoms with van der Waals surface area (Å²) < 4.78 is 0. The average molecular weight is 247 g/mol. The molecule has 2 N–H and O–H groups in total. The van der Waals surface area contributed by atoms with Gasteiger partial charge < -0.3 is 10.4 Å². The quantitative estimate of drug-likeness (QED) is 0.863. The molecule has 0 aliphatic carbocycles. The minimum Gasteiger partial charge on any atom is -0.481 e. The van der Waals surface area contributed by atoms with E-state index in [2.05, 4.69) is 19.2 Å². The molecule has 1 aliphatic rings. The third-order valence-electron chi connectivity index (χ3n) is 3.31. The molecule has 0 spiro atoms. The smallest absolute Gasteiger partial charge is 0.303 e. The summed E-state index contributed by atoms with van der Waals surface area (Å²) in [6.45, 7) is 4.17. The summed E-state index contributed by atoms with van der Waals surface area (Å²) in [6, 6.07) is 5.90. The lowest BCUT2D eigenvalue weighted by Gasteiger charge is -2.25. The van der Waals surface area contributed by atoms with Gasteiger partial charge in [0.25, 0.3) is 0 Å². The van der Waals surface area contributed by atoms with E-state index in [9.17, 15) is 9.59 Å². The van der Waals surface area contributed by atoms with Crippen LogP contribution in [0, 0.1) is 0 Å². The van der Waals surface area contributed by atoms with E-state index in [1.54, 1.807) is 0 Å². The summed E-state index contributed by atoms with van der Waals surface area (Å²) in [7, 11) is 0. The van der Waals surface area contributed by atoms with Gasteiger partial charge in [0.2, 0.25) is 5.91 Å². The Morgan fingerprint density at radius 2 is 2.22 bits per heavy atom. The molecule has 0 saturated carbocycles. The topological polar surface area (TPSA) is 66.4 Å². The second-order valence-electron chi connectivity index (χ2n) is 5.05. The number of carbonyl (C=O) groups excluding carboxylic acids is 1. The van der Waals surface area contributed by atoms with Gasteiger partial charge >= 0.3 is 5.97 Å². The van der Waals surface area contributed by atoms with Crippen molar-refractivity contribution in [3.05, 3.63) is 29.3 Å². The van der Waals surface area contributed by atoms with Gasteiger partial charge in [0.05, 0.1) is 6.42 Å². The molecule has 1 heterocycles. The van der Waals surface area contributed by atoms with E-state index >= 15 is 0 Å². The minimum atomic E-state index is -0.867. The molecule has 96 valence electrons. The largest absolute Gasteiger partial charge is 0.481 e. The fourth-order valence-electron chi connectivity index (χ4n) is 2.33. The maximum absolute atomic E-state index is 11.6. The Morgan fingerprint density at radius 3 is 2.83 bits per heavy atom. The molecule has 1 atom stereocenters. The van der Waals surface area contributed by atoms with Gasteiger partial charge in [0, 0.05) is 18.0 Å². The second kappa shape index (κ2) is 4.80. The van der Waals surface area contributed by atoms with Crippen LogP contribution >= 0.6 is 0 Å². The maximum Gasteiger partial charge on any atom is 0.303 e. The highest BCUT2D eigenvalue weighted by atomic mass is 16.4. The molecule has 2 rings (SSSR count). The van der Waals surface area contributed by atoms with E-state index in [1.165, 1.54) is 0 Å². The summed E-state index contributed by atoms with van der Waals surface area (Å²) in [4.78, 5) is 22.4. The lowest BCUT2D eigenvalue weighted by atomic mass is 9.86. The van der Waals surface area contributed by atoms with Crippen molar-refractivity contribution in [2.24, 2.45) is 0 Å². The number of nitrogens with one attached hydrogen (secondary N) is 1. The molecule has 0 bridgehead atoms. The Labute approximate surface area is 106 Å². The SMILES string of the molecule is CC(C)c1ccc2c(c1)NC(=O)CC2CC(=O)O. The number of anilines is 1. The first kappa shape index (κ1) is 12.6. The monoisotopic (exact) mass is 247 g/mol. The molecule has 4 heteroatoms. The molecule has 1 aromatic carbocycles. The van der Waals surface area contributed by atoms with Crippen LogP contribution in [0.2, 0.25) is 0 Å². The van der Waals surface area contributed by atoms with E-state index in [4.69, 9.17) is 5.11 Å². The zero-order valence-corrected chi connectivity index (χ0v) is 10.6. The first-order chi connectivity index (χ1) is 8.47. The number of rotatable bonds is 3. The predicted octanol–water partition coefficient (Wildman–Crippen LogP) is 2.71. The molecule has 0 fully saturated rings. The highest BCUT2D eigenvalue weighted by Gasteiger charge is 2.27. The predicted molar refractivity (Wildman–Crippen MR) is 68.8 cm³/mol. The van der Waals surface area contributed by atoms with Gasteiger partial charge in [-0.1, -0.05) is 26.0 Å². The van der Waals surface area contributed by atoms with Crippen LogP contribution in [0.1, 0.15) is 49.7 Å². The first-order valence-electron chi connectivity index (χ1n) is 6.13. The van der Waals surface area contributed by atoms with Crippen LogP contribution in [0.5, 0.6) is 0 Å². The fourth-order valence-corrected chi connectivity index (χ4v) is 2.33. The second-order valence-corrected chi connectivity index (χ2v) is 5.05. The van der Waals surface area contributed by atoms with Crippen LogP contribution in [0.3, 0.4) is 0 Å². The van der Waals surface area contributed by atoms with E-state index in [1.807, 2.05) is 18.2 Å². The van der Waals surface area contributed by atoms with E-state index < -0.39 is 5.97 Å². The highest BCUT2D eigenvalue weighted by molar-refractivity contribution is 5.95. The lowest BCUT2D eigenvalue weighted by molar-refractivity contribution is -0.137. The van der Waals surface area contributed by atoms with Crippen molar-refractivity contribution in [1.82, 2.24) is 0 Å². The van der Waals surface area contributed by atoms with Gasteiger partial charge in [-0.2, -0.15) is 0 Å². The molecule has 0 radical (unpaired) electrons. The molecule has 4 nitrogen and oxygen atoms in total. The Kier molecular flexibility index (Phi) is 3.36. The zero-order chi connectivity index (χ0) is 13.3. The number of hydrogen-bond donors (Lipinski definition) is 2. The standard InChI is InChI=1S/C14H17NO3/c1-8(2)9-3-4-11-10(7-14(17)18)6-13(16)15-12(11)5-9/h3-5,8,10H,6-7H2,1-2H3,(H,15,16)(H,17,18). The Hall–Kier alpha value is -1.84. The van der Waals surface area contributed by atoms with Gasteiger partial charge in [0.1, 0.15) is 0 Å². The normalized spacial score (nSPS) is 18.4. The van der Waals surface area contributed by atoms with Crippen molar-refractivity contribution in [1.29, 1.82) is 0 Å². The van der Waals surface area contributed by atoms with Crippen molar-refractivity contribution in [2.75, 3.05) is 5.32 Å². The number of aliphatic carboxylic acids is 1. The summed E-state index contributed by atoms with van der Waals surface area (Å²) in [5.74, 6) is -0.803. The van der Waals surface area contributed by atoms with Crippen molar-refractivity contribution >= 4 is 17.6 Å². The Morgan fingerprint density at radius 1 is 1.50 bits per heavy atom. The van der Waals surface area contributed by atoms with Crippen molar-refractivity contribution in [3.63, 3.8) is 0 Å². The van der Waals surface area contributed by atoms with Crippen molar-refractivity contribution in [3.8, 4) is 0 Å². The molecular weight excluding hydrogens is 230 g/mol. The number of hydrogen-bond acceptors (Lipinski definition) is 2. The molecule has 1 aliphatic heterocycles. The molecular formula is C14H17NO3. The minimum absolute atomic E-state index is 0.00143. The van der Waals surface area contributed by atoms with Gasteiger partial charge in [-0.3, -0.25) is 9.59 Å². The fraction of sp³-hybridized carbons (Fsp3) is 0.429. The van der Waals surface area contributed by atoms with E-state index in [0.717, 1.165) is 16.8 Å². The lowest BCUT2D eigenvalue weighted by Crippen LogP contribution is -2.24. The van der Waals surface area contributed by atoms with Crippen LogP contribution in [-0.4, -0.2) is 17.0 Å². The van der Waals surface area contributed by atoms with E-state index in [0.29, 0.717) is 5.92 Å². The third kappa shape index (κ3) is 2.53. The van der Waals surface area contributed by atoms with Crippen LogP contribution in [0.15, 0.2) is 18.2 Å². The van der Waals surface area contributed by atoms with Gasteiger partial charge in [-0.25, -0.2) is 0 Å². The van der Waals surface area contributed by atoms with Gasteiger partial charge in [-0.15, -0.1) is 0 Å². The average Bonchev–Trinajstić information content (AvgIpc) is 2.26. The number of carboxylic acid groups (broad SMARTS) is 1. The van der Waals surface area contributed by atoms with Crippen LogP contribution in [-0.2, 0) is 9.59 Å². The molecule has 1 unspecified atom stereocenters. The summed E-state index contributed by atoms with van der Waals surface area (Å²) in [5, 5.41) is 11.7. The number of benzene rings is 1. The number of amides is 1. The highest BCUT2D eigenvalue weighted by Crippen LogP contribution is 2.36. The summed E-state index contributed by atoms with van der Waals surface area (Å²) in [6.07, 6.45) is 0.252. The molecule has 1 amide bonds. The summed E-state index contributed by atoms with van der Waals surface area (Å²) >= 11 is 0. The maximum atomic E-state index is 11.6. The van der Waals surface area contributed by atoms with Crippen LogP contribution in [0.4, 0.5) is 5.69 Å². The number of carboxylic acids is 1. The molecule has 1 aromatic rings. The first-order valence-corrected chi connectivity index (χ1v) is 6.13. The van der Waals surface area contributed by atoms with Crippen molar-refractivity contribution < 1.29 is 14.7 Å². The molecule has 18 heavy (non-hydrogen) atoms. The van der Waals surface area contributed by atoms with E-state index in [-0.39, 0.29) is 24.7 Å². The van der Waals surface area contributed by atoms with Gasteiger partial charge in [-0.05, 0) is 23.1 Å². The van der Waals surface area contributed by atoms with Crippen LogP contribution in [0.25, 0.3) is 0 Å². The molecule has 0 saturated heterocycles. The number of carbonyl (C=O) groups is 2. The Balaban J connectivity index is 2.37. The zero-order valence-electron chi connectivity index (χ0n) is 10.6. The third-order valence-corrected chi connectivity index (χ3v) is 3.31.